The third kappa shape index (κ3) is 3.40. The summed E-state index contributed by atoms with van der Waals surface area (Å²) in [7, 11) is -2.39. The second-order valence-electron chi connectivity index (χ2n) is 5.10. The Morgan fingerprint density at radius 3 is 2.88 bits per heavy atom. The summed E-state index contributed by atoms with van der Waals surface area (Å²) < 4.78 is 28.2. The molecule has 0 bridgehead atoms. The largest absolute Gasteiger partial charge is 0.278 e. The Morgan fingerprint density at radius 1 is 1.36 bits per heavy atom. The smallest absolute Gasteiger partial charge is 0.240 e. The molecule has 7 nitrogen and oxygen atoms in total. The van der Waals surface area contributed by atoms with Gasteiger partial charge in [-0.2, -0.15) is 28.3 Å². The fourth-order valence-corrected chi connectivity index (χ4v) is 3.71. The Hall–Kier alpha value is -2.70. The van der Waals surface area contributed by atoms with Gasteiger partial charge >= 0.3 is 0 Å². The molecule has 0 radical (unpaired) electrons. The van der Waals surface area contributed by atoms with Crippen molar-refractivity contribution in [1.29, 1.82) is 5.26 Å². The van der Waals surface area contributed by atoms with E-state index in [0.717, 1.165) is 4.41 Å². The van der Waals surface area contributed by atoms with Gasteiger partial charge in [-0.3, -0.25) is 0 Å². The van der Waals surface area contributed by atoms with E-state index < -0.39 is 10.0 Å². The first-order valence-electron chi connectivity index (χ1n) is 7.08. The van der Waals surface area contributed by atoms with Crippen molar-refractivity contribution in [3.63, 3.8) is 0 Å². The van der Waals surface area contributed by atoms with Gasteiger partial charge in [-0.25, -0.2) is 4.52 Å². The number of benzene rings is 1. The molecule has 0 saturated carbocycles. The maximum Gasteiger partial charge on any atom is 0.278 e. The van der Waals surface area contributed by atoms with Gasteiger partial charge in [0.25, 0.3) is 10.0 Å². The number of nitriles is 1. The average Bonchev–Trinajstić information content (AvgIpc) is 3.01. The van der Waals surface area contributed by atoms with Crippen LogP contribution >= 0.6 is 15.9 Å². The number of hydrazone groups is 1. The van der Waals surface area contributed by atoms with Gasteiger partial charge in [-0.05, 0) is 30.3 Å². The summed E-state index contributed by atoms with van der Waals surface area (Å²) in [4.78, 5) is 0.133. The molecule has 0 atom stereocenters. The molecule has 3 rings (SSSR count). The van der Waals surface area contributed by atoms with Crippen LogP contribution in [-0.2, 0) is 10.0 Å². The zero-order chi connectivity index (χ0) is 18.0. The van der Waals surface area contributed by atoms with Gasteiger partial charge in [-0.15, -0.1) is 0 Å². The van der Waals surface area contributed by atoms with E-state index in [1.165, 1.54) is 25.4 Å². The zero-order valence-electron chi connectivity index (χ0n) is 13.0. The van der Waals surface area contributed by atoms with E-state index in [2.05, 4.69) is 32.2 Å². The number of pyridine rings is 1. The first-order valence-corrected chi connectivity index (χ1v) is 9.31. The van der Waals surface area contributed by atoms with Crippen molar-refractivity contribution in [2.45, 2.75) is 4.90 Å². The fourth-order valence-electron chi connectivity index (χ4n) is 2.15. The summed E-state index contributed by atoms with van der Waals surface area (Å²) in [5.41, 5.74) is 1.75. The zero-order valence-corrected chi connectivity index (χ0v) is 15.4. The van der Waals surface area contributed by atoms with Crippen molar-refractivity contribution in [3.8, 4) is 6.07 Å². The van der Waals surface area contributed by atoms with Crippen LogP contribution in [0.4, 0.5) is 0 Å². The van der Waals surface area contributed by atoms with Gasteiger partial charge in [0.1, 0.15) is 0 Å². The van der Waals surface area contributed by atoms with Crippen LogP contribution in [0, 0.1) is 11.3 Å². The molecule has 0 aliphatic carbocycles. The summed E-state index contributed by atoms with van der Waals surface area (Å²) >= 11 is 3.26. The van der Waals surface area contributed by atoms with E-state index >= 15 is 0 Å². The van der Waals surface area contributed by atoms with Gasteiger partial charge in [0.2, 0.25) is 0 Å². The minimum atomic E-state index is -3.75. The molecule has 1 aromatic carbocycles. The van der Waals surface area contributed by atoms with Gasteiger partial charge in [0.05, 0.1) is 34.5 Å². The molecular weight excluding hydrogens is 406 g/mol. The minimum absolute atomic E-state index is 0.133. The Balaban J connectivity index is 1.93. The van der Waals surface area contributed by atoms with Gasteiger partial charge < -0.3 is 0 Å². The van der Waals surface area contributed by atoms with Gasteiger partial charge in [-0.1, -0.05) is 22.0 Å². The molecule has 0 amide bonds. The summed E-state index contributed by atoms with van der Waals surface area (Å²) in [6, 6.07) is 11.8. The van der Waals surface area contributed by atoms with Gasteiger partial charge in [0.15, 0.2) is 0 Å². The van der Waals surface area contributed by atoms with Crippen molar-refractivity contribution >= 4 is 37.7 Å². The van der Waals surface area contributed by atoms with Crippen molar-refractivity contribution < 1.29 is 8.42 Å². The highest BCUT2D eigenvalue weighted by atomic mass is 79.9. The lowest BCUT2D eigenvalue weighted by Gasteiger charge is -2.13. The Morgan fingerprint density at radius 2 is 2.16 bits per heavy atom. The Kier molecular flexibility index (Phi) is 4.57. The maximum absolute atomic E-state index is 12.5. The second kappa shape index (κ2) is 6.66. The van der Waals surface area contributed by atoms with E-state index in [1.807, 2.05) is 0 Å². The topological polar surface area (TPSA) is 90.8 Å². The molecule has 2 heterocycles. The molecule has 0 spiro atoms. The monoisotopic (exact) mass is 417 g/mol. The van der Waals surface area contributed by atoms with Crippen molar-refractivity contribution in [3.05, 3.63) is 64.4 Å². The lowest BCUT2D eigenvalue weighted by atomic mass is 10.2. The molecule has 25 heavy (non-hydrogen) atoms. The predicted octanol–water partition coefficient (Wildman–Crippen LogP) is 2.62. The fraction of sp³-hybridized carbons (Fsp3) is 0.0625. The minimum Gasteiger partial charge on any atom is -0.240 e. The first-order chi connectivity index (χ1) is 11.9. The van der Waals surface area contributed by atoms with E-state index in [1.54, 1.807) is 41.2 Å². The van der Waals surface area contributed by atoms with Crippen LogP contribution < -0.4 is 0 Å². The van der Waals surface area contributed by atoms with E-state index in [9.17, 15) is 8.42 Å². The molecule has 0 aliphatic heterocycles. The number of sulfonamides is 1. The third-order valence-corrected chi connectivity index (χ3v) is 5.61. The number of aromatic nitrogens is 2. The molecule has 0 fully saturated rings. The molecule has 2 aromatic heterocycles. The first kappa shape index (κ1) is 17.1. The third-order valence-electron chi connectivity index (χ3n) is 3.48. The highest BCUT2D eigenvalue weighted by Gasteiger charge is 2.19. The van der Waals surface area contributed by atoms with Crippen LogP contribution in [0.2, 0.25) is 0 Å². The highest BCUT2D eigenvalue weighted by molar-refractivity contribution is 9.10. The molecule has 0 unspecified atom stereocenters. The van der Waals surface area contributed by atoms with Crippen LogP contribution in [-0.4, -0.2) is 35.7 Å². The normalized spacial score (nSPS) is 11.7. The number of hydrogen-bond acceptors (Lipinski definition) is 5. The number of nitrogens with zero attached hydrogens (tertiary/aromatic N) is 5. The van der Waals surface area contributed by atoms with Crippen LogP contribution in [0.5, 0.6) is 0 Å². The summed E-state index contributed by atoms with van der Waals surface area (Å²) in [5.74, 6) is 0. The quantitative estimate of drug-likeness (QED) is 0.481. The lowest BCUT2D eigenvalue weighted by molar-refractivity contribution is 0.491. The van der Waals surface area contributed by atoms with E-state index in [-0.39, 0.29) is 4.90 Å². The molecule has 126 valence electrons. The molecule has 3 aromatic rings. The van der Waals surface area contributed by atoms with Crippen molar-refractivity contribution in [2.75, 3.05) is 7.05 Å². The number of hydrogen-bond donors (Lipinski definition) is 0. The van der Waals surface area contributed by atoms with E-state index in [0.29, 0.717) is 21.1 Å². The molecule has 0 aliphatic rings. The second-order valence-corrected chi connectivity index (χ2v) is 7.96. The Bertz CT molecular complexity index is 1120. The molecular formula is C16H12BrN5O2S. The Labute approximate surface area is 153 Å². The molecule has 0 saturated heterocycles. The maximum atomic E-state index is 12.5. The summed E-state index contributed by atoms with van der Waals surface area (Å²) in [5, 5.41) is 17.2. The van der Waals surface area contributed by atoms with Crippen LogP contribution in [0.3, 0.4) is 0 Å². The summed E-state index contributed by atoms with van der Waals surface area (Å²) in [6.07, 6.45) is 4.62. The predicted molar refractivity (Wildman–Crippen MR) is 96.6 cm³/mol. The SMILES string of the molecule is CN(/N=C\c1cnn2ccc(C#N)cc12)S(=O)(=O)c1cccc(Br)c1. The average molecular weight is 418 g/mol. The van der Waals surface area contributed by atoms with Gasteiger partial charge in [0, 0.05) is 23.3 Å². The van der Waals surface area contributed by atoms with Crippen LogP contribution in [0.1, 0.15) is 11.1 Å². The molecule has 0 N–H and O–H groups in total. The van der Waals surface area contributed by atoms with Crippen molar-refractivity contribution in [2.24, 2.45) is 5.10 Å². The summed E-state index contributed by atoms with van der Waals surface area (Å²) in [6.45, 7) is 0. The number of rotatable bonds is 4. The highest BCUT2D eigenvalue weighted by Crippen LogP contribution is 2.19. The lowest BCUT2D eigenvalue weighted by Crippen LogP contribution is -2.21. The molecule has 9 heteroatoms. The van der Waals surface area contributed by atoms with Crippen LogP contribution in [0.25, 0.3) is 5.52 Å². The van der Waals surface area contributed by atoms with Crippen molar-refractivity contribution in [1.82, 2.24) is 14.0 Å². The standard InChI is InChI=1S/C16H12BrN5O2S/c1-21(25(23,24)15-4-2-3-14(17)8-15)19-10-13-11-20-22-6-5-12(9-18)7-16(13)22/h2-8,10-11H,1H3/b19-10-. The number of halogens is 1. The van der Waals surface area contributed by atoms with Crippen LogP contribution in [0.15, 0.2) is 63.3 Å². The van der Waals surface area contributed by atoms with E-state index in [4.69, 9.17) is 5.26 Å². The number of fused-ring (bicyclic) bond motifs is 1.